The van der Waals surface area contributed by atoms with E-state index in [-0.39, 0.29) is 31.1 Å². The molecule has 1 unspecified atom stereocenters. The zero-order valence-corrected chi connectivity index (χ0v) is 43.8. The van der Waals surface area contributed by atoms with Crippen molar-refractivity contribution >= 4 is 17.9 Å². The van der Waals surface area contributed by atoms with Crippen LogP contribution in [0.5, 0.6) is 0 Å². The van der Waals surface area contributed by atoms with E-state index in [0.717, 1.165) is 77.0 Å². The van der Waals surface area contributed by atoms with Gasteiger partial charge in [0.15, 0.2) is 6.10 Å². The Bertz CT molecular complexity index is 1050. The first-order valence-corrected chi connectivity index (χ1v) is 28.8. The topological polar surface area (TPSA) is 78.9 Å². The van der Waals surface area contributed by atoms with Gasteiger partial charge in [-0.2, -0.15) is 0 Å². The molecule has 0 radical (unpaired) electrons. The molecule has 1 atom stereocenters. The largest absolute Gasteiger partial charge is 0.462 e. The second-order valence-electron chi connectivity index (χ2n) is 19.6. The van der Waals surface area contributed by atoms with Crippen LogP contribution in [0.3, 0.4) is 0 Å². The lowest BCUT2D eigenvalue weighted by molar-refractivity contribution is -0.167. The van der Waals surface area contributed by atoms with Crippen LogP contribution in [0, 0.1) is 0 Å². The van der Waals surface area contributed by atoms with Crippen LogP contribution in [-0.4, -0.2) is 37.2 Å². The Morgan fingerprint density at radius 3 is 0.815 bits per heavy atom. The molecule has 0 spiro atoms. The van der Waals surface area contributed by atoms with Crippen LogP contribution in [0.25, 0.3) is 0 Å². The molecule has 0 saturated carbocycles. The van der Waals surface area contributed by atoms with Gasteiger partial charge in [0, 0.05) is 19.3 Å². The maximum Gasteiger partial charge on any atom is 0.306 e. The van der Waals surface area contributed by atoms with Gasteiger partial charge in [-0.1, -0.05) is 263 Å². The van der Waals surface area contributed by atoms with Crippen LogP contribution < -0.4 is 0 Å². The van der Waals surface area contributed by atoms with Crippen molar-refractivity contribution in [1.82, 2.24) is 0 Å². The number of carbonyl (C=O) groups is 3. The molecule has 65 heavy (non-hydrogen) atoms. The van der Waals surface area contributed by atoms with Crippen LogP contribution in [-0.2, 0) is 28.6 Å². The predicted octanol–water partition coefficient (Wildman–Crippen LogP) is 19.1. The Kier molecular flexibility index (Phi) is 52.7. The van der Waals surface area contributed by atoms with Crippen molar-refractivity contribution in [3.63, 3.8) is 0 Å². The minimum atomic E-state index is -0.774. The Balaban J connectivity index is 4.12. The normalized spacial score (nSPS) is 12.1. The lowest BCUT2D eigenvalue weighted by Crippen LogP contribution is -2.30. The number of hydrogen-bond acceptors (Lipinski definition) is 6. The van der Waals surface area contributed by atoms with E-state index in [1.165, 1.54) is 199 Å². The first-order valence-electron chi connectivity index (χ1n) is 28.8. The fraction of sp³-hybridized carbons (Fsp3) is 0.881. The molecule has 0 heterocycles. The van der Waals surface area contributed by atoms with Gasteiger partial charge in [0.05, 0.1) is 0 Å². The van der Waals surface area contributed by atoms with E-state index in [1.54, 1.807) is 0 Å². The first kappa shape index (κ1) is 62.9. The van der Waals surface area contributed by atoms with Crippen molar-refractivity contribution in [2.45, 2.75) is 322 Å². The van der Waals surface area contributed by atoms with Crippen molar-refractivity contribution < 1.29 is 28.6 Å². The fourth-order valence-corrected chi connectivity index (χ4v) is 8.52. The highest BCUT2D eigenvalue weighted by atomic mass is 16.6. The number of hydrogen-bond donors (Lipinski definition) is 0. The molecule has 0 saturated heterocycles. The SMILES string of the molecule is CCCC/C=C\CCCCCCCC(=O)OCC(COC(=O)CCCCCCCCCCCCCCCCCCCCCCCCCCC)OC(=O)CCCCCCC/C=C\CCCC. The maximum atomic E-state index is 12.8. The smallest absolute Gasteiger partial charge is 0.306 e. The lowest BCUT2D eigenvalue weighted by Gasteiger charge is -2.18. The summed E-state index contributed by atoms with van der Waals surface area (Å²) >= 11 is 0. The highest BCUT2D eigenvalue weighted by molar-refractivity contribution is 5.71. The van der Waals surface area contributed by atoms with E-state index in [0.29, 0.717) is 19.3 Å². The minimum absolute atomic E-state index is 0.0735. The Hall–Kier alpha value is -2.11. The highest BCUT2D eigenvalue weighted by Gasteiger charge is 2.19. The average molecular weight is 916 g/mol. The van der Waals surface area contributed by atoms with Crippen molar-refractivity contribution in [2.24, 2.45) is 0 Å². The third-order valence-electron chi connectivity index (χ3n) is 12.9. The maximum absolute atomic E-state index is 12.8. The Morgan fingerprint density at radius 1 is 0.292 bits per heavy atom. The van der Waals surface area contributed by atoms with Crippen molar-refractivity contribution in [1.29, 1.82) is 0 Å². The standard InChI is InChI=1S/C59H110O6/c1-4-7-10-13-16-19-22-23-24-25-26-27-28-29-30-31-32-33-34-35-38-40-43-46-49-52-58(61)64-55-56(65-59(62)53-50-47-44-41-37-21-18-15-12-9-6-3)54-63-57(60)51-48-45-42-39-36-20-17-14-11-8-5-2/h14-15,17-18,56H,4-13,16,19-55H2,1-3H3/b17-14-,18-15-. The molecule has 6 heteroatoms. The second kappa shape index (κ2) is 54.5. The highest BCUT2D eigenvalue weighted by Crippen LogP contribution is 2.17. The van der Waals surface area contributed by atoms with Crippen molar-refractivity contribution in [3.05, 3.63) is 24.3 Å². The van der Waals surface area contributed by atoms with Crippen LogP contribution in [0.2, 0.25) is 0 Å². The molecule has 0 aromatic heterocycles. The van der Waals surface area contributed by atoms with E-state index < -0.39 is 6.10 Å². The van der Waals surface area contributed by atoms with Gasteiger partial charge < -0.3 is 14.2 Å². The number of allylic oxidation sites excluding steroid dienone is 4. The summed E-state index contributed by atoms with van der Waals surface area (Å²) in [6, 6.07) is 0. The third kappa shape index (κ3) is 52.7. The predicted molar refractivity (Wildman–Crippen MR) is 279 cm³/mol. The van der Waals surface area contributed by atoms with Gasteiger partial charge in [-0.15, -0.1) is 0 Å². The van der Waals surface area contributed by atoms with Crippen molar-refractivity contribution in [2.75, 3.05) is 13.2 Å². The molecular weight excluding hydrogens is 805 g/mol. The quantitative estimate of drug-likeness (QED) is 0.0262. The van der Waals surface area contributed by atoms with E-state index in [1.807, 2.05) is 0 Å². The average Bonchev–Trinajstić information content (AvgIpc) is 3.30. The molecule has 0 aliphatic rings. The molecule has 0 aromatic rings. The van der Waals surface area contributed by atoms with E-state index in [9.17, 15) is 14.4 Å². The molecule has 6 nitrogen and oxygen atoms in total. The van der Waals surface area contributed by atoms with Gasteiger partial charge in [0.1, 0.15) is 13.2 Å². The van der Waals surface area contributed by atoms with Gasteiger partial charge in [0.25, 0.3) is 0 Å². The summed E-state index contributed by atoms with van der Waals surface area (Å²) in [6.07, 6.45) is 63.4. The van der Waals surface area contributed by atoms with E-state index in [2.05, 4.69) is 45.1 Å². The van der Waals surface area contributed by atoms with Gasteiger partial charge in [-0.3, -0.25) is 14.4 Å². The lowest BCUT2D eigenvalue weighted by atomic mass is 10.0. The summed E-state index contributed by atoms with van der Waals surface area (Å²) in [6.45, 7) is 6.59. The summed E-state index contributed by atoms with van der Waals surface area (Å²) in [5.41, 5.74) is 0. The van der Waals surface area contributed by atoms with Crippen LogP contribution in [0.15, 0.2) is 24.3 Å². The Labute approximate surface area is 404 Å². The van der Waals surface area contributed by atoms with Crippen LogP contribution in [0.4, 0.5) is 0 Å². The summed E-state index contributed by atoms with van der Waals surface area (Å²) in [5.74, 6) is -0.878. The summed E-state index contributed by atoms with van der Waals surface area (Å²) in [7, 11) is 0. The van der Waals surface area contributed by atoms with Crippen LogP contribution >= 0.6 is 0 Å². The number of carbonyl (C=O) groups excluding carboxylic acids is 3. The summed E-state index contributed by atoms with van der Waals surface area (Å²) in [5, 5.41) is 0. The monoisotopic (exact) mass is 915 g/mol. The number of ether oxygens (including phenoxy) is 3. The molecule has 0 aliphatic carbocycles. The van der Waals surface area contributed by atoms with Crippen molar-refractivity contribution in [3.8, 4) is 0 Å². The zero-order chi connectivity index (χ0) is 47.2. The molecular formula is C59H110O6. The molecule has 0 N–H and O–H groups in total. The number of unbranched alkanes of at least 4 members (excludes halogenated alkanes) is 38. The van der Waals surface area contributed by atoms with E-state index >= 15 is 0 Å². The Morgan fingerprint density at radius 2 is 0.523 bits per heavy atom. The molecule has 0 amide bonds. The van der Waals surface area contributed by atoms with Crippen LogP contribution in [0.1, 0.15) is 316 Å². The number of rotatable bonds is 53. The van der Waals surface area contributed by atoms with Gasteiger partial charge in [0.2, 0.25) is 0 Å². The molecule has 0 fully saturated rings. The zero-order valence-electron chi connectivity index (χ0n) is 43.8. The second-order valence-corrected chi connectivity index (χ2v) is 19.6. The fourth-order valence-electron chi connectivity index (χ4n) is 8.52. The molecule has 0 aromatic carbocycles. The summed E-state index contributed by atoms with van der Waals surface area (Å²) in [4.78, 5) is 38.0. The summed E-state index contributed by atoms with van der Waals surface area (Å²) < 4.78 is 16.8. The van der Waals surface area contributed by atoms with Gasteiger partial charge in [-0.05, 0) is 57.8 Å². The molecule has 0 bridgehead atoms. The van der Waals surface area contributed by atoms with Gasteiger partial charge in [-0.25, -0.2) is 0 Å². The van der Waals surface area contributed by atoms with Gasteiger partial charge >= 0.3 is 17.9 Å². The molecule has 382 valence electrons. The number of esters is 3. The molecule has 0 rings (SSSR count). The van der Waals surface area contributed by atoms with E-state index in [4.69, 9.17) is 14.2 Å². The first-order chi connectivity index (χ1) is 32.0. The minimum Gasteiger partial charge on any atom is -0.462 e. The molecule has 0 aliphatic heterocycles. The third-order valence-corrected chi connectivity index (χ3v) is 12.9.